The largest absolute Gasteiger partial charge is 0.456 e. The Morgan fingerprint density at radius 3 is 2.87 bits per heavy atom. The van der Waals surface area contributed by atoms with Gasteiger partial charge in [0.2, 0.25) is 0 Å². The van der Waals surface area contributed by atoms with Crippen LogP contribution in [0.3, 0.4) is 0 Å². The van der Waals surface area contributed by atoms with Crippen LogP contribution in [-0.2, 0) is 9.53 Å². The molecule has 0 saturated heterocycles. The van der Waals surface area contributed by atoms with Crippen molar-refractivity contribution in [1.82, 2.24) is 4.98 Å². The van der Waals surface area contributed by atoms with Crippen molar-refractivity contribution in [3.05, 3.63) is 29.1 Å². The standard InChI is InChI=1S/C12H13NO2/c1-4-15-12(14)6-5-11-10(3)7-9(2)8-13-11/h7-8H,4H2,1-3H3. The molecular formula is C12H13NO2. The number of aromatic nitrogens is 1. The van der Waals surface area contributed by atoms with Crippen molar-refractivity contribution in [3.8, 4) is 11.8 Å². The van der Waals surface area contributed by atoms with Crippen molar-refractivity contribution < 1.29 is 9.53 Å². The van der Waals surface area contributed by atoms with E-state index in [9.17, 15) is 4.79 Å². The Labute approximate surface area is 89.5 Å². The molecule has 1 heterocycles. The topological polar surface area (TPSA) is 39.2 Å². The molecule has 0 aliphatic rings. The van der Waals surface area contributed by atoms with Gasteiger partial charge in [-0.05, 0) is 37.8 Å². The lowest BCUT2D eigenvalue weighted by Crippen LogP contribution is -2.00. The van der Waals surface area contributed by atoms with Crippen molar-refractivity contribution in [2.45, 2.75) is 20.8 Å². The van der Waals surface area contributed by atoms with Crippen LogP contribution in [0.25, 0.3) is 0 Å². The van der Waals surface area contributed by atoms with Gasteiger partial charge < -0.3 is 4.74 Å². The minimum Gasteiger partial charge on any atom is -0.456 e. The van der Waals surface area contributed by atoms with Crippen LogP contribution in [0.15, 0.2) is 12.3 Å². The van der Waals surface area contributed by atoms with E-state index in [4.69, 9.17) is 0 Å². The van der Waals surface area contributed by atoms with E-state index in [1.54, 1.807) is 13.1 Å². The summed E-state index contributed by atoms with van der Waals surface area (Å²) in [5.41, 5.74) is 2.66. The van der Waals surface area contributed by atoms with Crippen molar-refractivity contribution in [1.29, 1.82) is 0 Å². The van der Waals surface area contributed by atoms with Crippen LogP contribution in [0.2, 0.25) is 0 Å². The van der Waals surface area contributed by atoms with Crippen LogP contribution in [0.5, 0.6) is 0 Å². The Bertz CT molecular complexity index is 427. The predicted octanol–water partition coefficient (Wildman–Crippen LogP) is 1.61. The molecule has 3 nitrogen and oxygen atoms in total. The van der Waals surface area contributed by atoms with E-state index in [1.165, 1.54) is 0 Å². The lowest BCUT2D eigenvalue weighted by molar-refractivity contribution is -0.136. The van der Waals surface area contributed by atoms with Crippen molar-refractivity contribution >= 4 is 5.97 Å². The molecule has 1 aromatic rings. The molecule has 0 aliphatic carbocycles. The Kier molecular flexibility index (Phi) is 3.87. The first-order valence-electron chi connectivity index (χ1n) is 4.75. The molecule has 0 amide bonds. The van der Waals surface area contributed by atoms with Gasteiger partial charge in [0.25, 0.3) is 0 Å². The summed E-state index contributed by atoms with van der Waals surface area (Å²) in [5.74, 6) is 4.56. The number of hydrogen-bond acceptors (Lipinski definition) is 3. The van der Waals surface area contributed by atoms with Crippen LogP contribution in [0, 0.1) is 25.7 Å². The minimum absolute atomic E-state index is 0.341. The van der Waals surface area contributed by atoms with Crippen molar-refractivity contribution in [2.75, 3.05) is 6.61 Å². The van der Waals surface area contributed by atoms with Crippen LogP contribution >= 0.6 is 0 Å². The Morgan fingerprint density at radius 2 is 2.27 bits per heavy atom. The molecule has 0 aromatic carbocycles. The molecule has 0 radical (unpaired) electrons. The lowest BCUT2D eigenvalue weighted by atomic mass is 10.2. The predicted molar refractivity (Wildman–Crippen MR) is 57.2 cm³/mol. The Hall–Kier alpha value is -1.82. The number of hydrogen-bond donors (Lipinski definition) is 0. The van der Waals surface area contributed by atoms with E-state index in [-0.39, 0.29) is 0 Å². The summed E-state index contributed by atoms with van der Waals surface area (Å²) < 4.78 is 4.69. The third-order valence-electron chi connectivity index (χ3n) is 1.77. The second-order valence-electron chi connectivity index (χ2n) is 3.15. The van der Waals surface area contributed by atoms with Crippen molar-refractivity contribution in [2.24, 2.45) is 0 Å². The molecule has 0 saturated carbocycles. The average molecular weight is 203 g/mol. The van der Waals surface area contributed by atoms with Gasteiger partial charge in [0.05, 0.1) is 6.61 Å². The SMILES string of the molecule is CCOC(=O)C#Cc1ncc(C)cc1C. The normalized spacial score (nSPS) is 9.00. The van der Waals surface area contributed by atoms with E-state index in [0.29, 0.717) is 12.3 Å². The number of rotatable bonds is 1. The van der Waals surface area contributed by atoms with E-state index >= 15 is 0 Å². The molecule has 1 aromatic heterocycles. The first kappa shape index (κ1) is 11.3. The maximum atomic E-state index is 11.0. The first-order valence-corrected chi connectivity index (χ1v) is 4.75. The van der Waals surface area contributed by atoms with Crippen LogP contribution in [0.4, 0.5) is 0 Å². The number of aryl methyl sites for hydroxylation is 2. The van der Waals surface area contributed by atoms with E-state index in [1.807, 2.05) is 19.9 Å². The average Bonchev–Trinajstić information content (AvgIpc) is 2.17. The van der Waals surface area contributed by atoms with Gasteiger partial charge in [0.15, 0.2) is 0 Å². The van der Waals surface area contributed by atoms with Gasteiger partial charge in [-0.25, -0.2) is 9.78 Å². The highest BCUT2D eigenvalue weighted by Gasteiger charge is 1.97. The van der Waals surface area contributed by atoms with Gasteiger partial charge in [-0.3, -0.25) is 0 Å². The number of ether oxygens (including phenoxy) is 1. The first-order chi connectivity index (χ1) is 7.13. The number of carbonyl (C=O) groups excluding carboxylic acids is 1. The molecule has 0 spiro atoms. The van der Waals surface area contributed by atoms with Crippen LogP contribution < -0.4 is 0 Å². The van der Waals surface area contributed by atoms with Crippen LogP contribution in [-0.4, -0.2) is 17.6 Å². The molecule has 0 aliphatic heterocycles. The number of esters is 1. The number of carbonyl (C=O) groups is 1. The molecule has 0 N–H and O–H groups in total. The third kappa shape index (κ3) is 3.43. The minimum atomic E-state index is -0.515. The maximum Gasteiger partial charge on any atom is 0.384 e. The molecule has 0 unspecified atom stereocenters. The summed E-state index contributed by atoms with van der Waals surface area (Å²) in [5, 5.41) is 0. The Morgan fingerprint density at radius 1 is 1.53 bits per heavy atom. The second kappa shape index (κ2) is 5.16. The lowest BCUT2D eigenvalue weighted by Gasteiger charge is -1.97. The fourth-order valence-electron chi connectivity index (χ4n) is 1.12. The summed E-state index contributed by atoms with van der Waals surface area (Å²) in [6, 6.07) is 1.97. The molecule has 0 fully saturated rings. The molecule has 3 heteroatoms. The van der Waals surface area contributed by atoms with Gasteiger partial charge in [-0.15, -0.1) is 0 Å². The van der Waals surface area contributed by atoms with Crippen LogP contribution in [0.1, 0.15) is 23.7 Å². The highest BCUT2D eigenvalue weighted by molar-refractivity contribution is 5.89. The molecule has 78 valence electrons. The zero-order valence-electron chi connectivity index (χ0n) is 9.13. The number of nitrogens with zero attached hydrogens (tertiary/aromatic N) is 1. The quantitative estimate of drug-likeness (QED) is 0.514. The molecule has 1 rings (SSSR count). The Balaban J connectivity index is 2.84. The smallest absolute Gasteiger partial charge is 0.384 e. The highest BCUT2D eigenvalue weighted by Crippen LogP contribution is 2.04. The summed E-state index contributed by atoms with van der Waals surface area (Å²) in [7, 11) is 0. The van der Waals surface area contributed by atoms with E-state index < -0.39 is 5.97 Å². The van der Waals surface area contributed by atoms with Gasteiger partial charge in [0, 0.05) is 12.1 Å². The summed E-state index contributed by atoms with van der Waals surface area (Å²) >= 11 is 0. The van der Waals surface area contributed by atoms with Gasteiger partial charge in [-0.2, -0.15) is 0 Å². The van der Waals surface area contributed by atoms with Gasteiger partial charge in [-0.1, -0.05) is 6.07 Å². The van der Waals surface area contributed by atoms with Crippen molar-refractivity contribution in [3.63, 3.8) is 0 Å². The fourth-order valence-corrected chi connectivity index (χ4v) is 1.12. The van der Waals surface area contributed by atoms with Gasteiger partial charge >= 0.3 is 5.97 Å². The maximum absolute atomic E-state index is 11.0. The summed E-state index contributed by atoms with van der Waals surface area (Å²) in [6.45, 7) is 5.96. The van der Waals surface area contributed by atoms with E-state index in [2.05, 4.69) is 21.6 Å². The monoisotopic (exact) mass is 203 g/mol. The third-order valence-corrected chi connectivity index (χ3v) is 1.77. The molecule has 15 heavy (non-hydrogen) atoms. The van der Waals surface area contributed by atoms with E-state index in [0.717, 1.165) is 11.1 Å². The molecule has 0 bridgehead atoms. The zero-order valence-corrected chi connectivity index (χ0v) is 9.13. The molecule has 0 atom stereocenters. The highest BCUT2D eigenvalue weighted by atomic mass is 16.5. The fraction of sp³-hybridized carbons (Fsp3) is 0.333. The second-order valence-corrected chi connectivity index (χ2v) is 3.15. The van der Waals surface area contributed by atoms with Gasteiger partial charge in [0.1, 0.15) is 5.69 Å². The number of pyridine rings is 1. The summed E-state index contributed by atoms with van der Waals surface area (Å²) in [6.07, 6.45) is 1.72. The molecular weight excluding hydrogens is 190 g/mol. The summed E-state index contributed by atoms with van der Waals surface area (Å²) in [4.78, 5) is 15.1. The zero-order chi connectivity index (χ0) is 11.3.